The number of nitrogens with one attached hydrogen (secondary N) is 2. The molecule has 4 rings (SSSR count). The van der Waals surface area contributed by atoms with Crippen molar-refractivity contribution >= 4 is 16.8 Å². The summed E-state index contributed by atoms with van der Waals surface area (Å²) in [6, 6.07) is 8.44. The van der Waals surface area contributed by atoms with E-state index in [-0.39, 0.29) is 17.9 Å². The first-order valence-corrected chi connectivity index (χ1v) is 8.82. The Kier molecular flexibility index (Phi) is 3.85. The summed E-state index contributed by atoms with van der Waals surface area (Å²) in [5.41, 5.74) is 8.75. The summed E-state index contributed by atoms with van der Waals surface area (Å²) >= 11 is 0. The highest BCUT2D eigenvalue weighted by Gasteiger charge is 2.48. The predicted molar refractivity (Wildman–Crippen MR) is 91.9 cm³/mol. The molecule has 4 atom stereocenters. The zero-order chi connectivity index (χ0) is 15.8. The third kappa shape index (κ3) is 2.65. The van der Waals surface area contributed by atoms with Crippen molar-refractivity contribution in [3.05, 3.63) is 36.0 Å². The largest absolute Gasteiger partial charge is 0.361 e. The van der Waals surface area contributed by atoms with Gasteiger partial charge in [-0.2, -0.15) is 0 Å². The van der Waals surface area contributed by atoms with Crippen LogP contribution in [0.25, 0.3) is 10.9 Å². The minimum atomic E-state index is 0.0573. The fraction of sp³-hybridized carbons (Fsp3) is 0.526. The topological polar surface area (TPSA) is 70.9 Å². The summed E-state index contributed by atoms with van der Waals surface area (Å²) in [7, 11) is 0. The standard InChI is InChI=1S/C19H25N3O/c20-18-13-8-7-12(10-13)17(18)19(23)21-9-3-4-14-11-22-16-6-2-1-5-15(14)16/h1-2,5-6,11-13,17-18,22H,3-4,7-10,20H2,(H,21,23). The molecular formula is C19H25N3O. The molecule has 23 heavy (non-hydrogen) atoms. The Morgan fingerprint density at radius 2 is 2.09 bits per heavy atom. The van der Waals surface area contributed by atoms with Gasteiger partial charge >= 0.3 is 0 Å². The molecule has 0 saturated heterocycles. The van der Waals surface area contributed by atoms with Crippen molar-refractivity contribution < 1.29 is 4.79 Å². The molecule has 0 radical (unpaired) electrons. The van der Waals surface area contributed by atoms with Crippen LogP contribution in [-0.2, 0) is 11.2 Å². The lowest BCUT2D eigenvalue weighted by Crippen LogP contribution is -2.45. The molecule has 2 aromatic rings. The first-order chi connectivity index (χ1) is 11.2. The number of para-hydroxylation sites is 1. The van der Waals surface area contributed by atoms with Crippen LogP contribution in [0.4, 0.5) is 0 Å². The number of benzene rings is 1. The number of aromatic amines is 1. The average molecular weight is 311 g/mol. The molecule has 4 nitrogen and oxygen atoms in total. The highest BCUT2D eigenvalue weighted by atomic mass is 16.1. The van der Waals surface area contributed by atoms with Crippen LogP contribution in [0, 0.1) is 17.8 Å². The third-order valence-electron chi connectivity index (χ3n) is 5.88. The van der Waals surface area contributed by atoms with Crippen LogP contribution in [0.1, 0.15) is 31.2 Å². The number of rotatable bonds is 5. The number of fused-ring (bicyclic) bond motifs is 3. The van der Waals surface area contributed by atoms with Crippen molar-refractivity contribution in [1.82, 2.24) is 10.3 Å². The van der Waals surface area contributed by atoms with Gasteiger partial charge in [0.25, 0.3) is 0 Å². The number of hydrogen-bond acceptors (Lipinski definition) is 2. The zero-order valence-corrected chi connectivity index (χ0v) is 13.4. The van der Waals surface area contributed by atoms with E-state index in [1.807, 2.05) is 6.07 Å². The van der Waals surface area contributed by atoms with E-state index in [4.69, 9.17) is 5.73 Å². The second-order valence-electron chi connectivity index (χ2n) is 7.19. The minimum Gasteiger partial charge on any atom is -0.361 e. The normalized spacial score (nSPS) is 29.3. The van der Waals surface area contributed by atoms with E-state index in [1.54, 1.807) is 0 Å². The zero-order valence-electron chi connectivity index (χ0n) is 13.4. The lowest BCUT2D eigenvalue weighted by molar-refractivity contribution is -0.127. The van der Waals surface area contributed by atoms with Crippen molar-refractivity contribution in [3.8, 4) is 0 Å². The van der Waals surface area contributed by atoms with Gasteiger partial charge in [0.15, 0.2) is 0 Å². The fourth-order valence-electron chi connectivity index (χ4n) is 4.67. The maximum Gasteiger partial charge on any atom is 0.224 e. The van der Waals surface area contributed by atoms with Crippen LogP contribution in [0.3, 0.4) is 0 Å². The number of amides is 1. The van der Waals surface area contributed by atoms with Gasteiger partial charge in [0.05, 0.1) is 5.92 Å². The molecule has 122 valence electrons. The Morgan fingerprint density at radius 3 is 2.91 bits per heavy atom. The summed E-state index contributed by atoms with van der Waals surface area (Å²) in [6.45, 7) is 0.735. The van der Waals surface area contributed by atoms with Crippen LogP contribution >= 0.6 is 0 Å². The molecule has 4 heteroatoms. The van der Waals surface area contributed by atoms with Crippen molar-refractivity contribution in [1.29, 1.82) is 0 Å². The molecule has 1 aromatic heterocycles. The molecule has 2 saturated carbocycles. The molecule has 2 fully saturated rings. The maximum absolute atomic E-state index is 12.4. The molecule has 2 bridgehead atoms. The lowest BCUT2D eigenvalue weighted by atomic mass is 9.84. The van der Waals surface area contributed by atoms with Crippen molar-refractivity contribution in [3.63, 3.8) is 0 Å². The summed E-state index contributed by atoms with van der Waals surface area (Å²) in [5, 5.41) is 4.41. The SMILES string of the molecule is NC1C2CCC(C2)C1C(=O)NCCCc1c[nH]c2ccccc12. The summed E-state index contributed by atoms with van der Waals surface area (Å²) < 4.78 is 0. The van der Waals surface area contributed by atoms with E-state index in [0.29, 0.717) is 11.8 Å². The number of aryl methyl sites for hydroxylation is 1. The quantitative estimate of drug-likeness (QED) is 0.743. The number of aromatic nitrogens is 1. The van der Waals surface area contributed by atoms with Gasteiger partial charge in [0.2, 0.25) is 5.91 Å². The van der Waals surface area contributed by atoms with Gasteiger partial charge in [-0.05, 0) is 55.6 Å². The van der Waals surface area contributed by atoms with E-state index in [0.717, 1.165) is 25.8 Å². The molecule has 2 aliphatic carbocycles. The first-order valence-electron chi connectivity index (χ1n) is 8.82. The molecular weight excluding hydrogens is 286 g/mol. The van der Waals surface area contributed by atoms with Crippen molar-refractivity contribution in [2.75, 3.05) is 6.54 Å². The van der Waals surface area contributed by atoms with Gasteiger partial charge in [-0.1, -0.05) is 18.2 Å². The highest BCUT2D eigenvalue weighted by molar-refractivity contribution is 5.83. The molecule has 0 aliphatic heterocycles. The molecule has 2 aliphatic rings. The Hall–Kier alpha value is -1.81. The minimum absolute atomic E-state index is 0.0573. The van der Waals surface area contributed by atoms with Gasteiger partial charge in [-0.25, -0.2) is 0 Å². The van der Waals surface area contributed by atoms with Crippen LogP contribution in [-0.4, -0.2) is 23.5 Å². The summed E-state index contributed by atoms with van der Waals surface area (Å²) in [6.07, 6.45) is 7.59. The molecule has 4 unspecified atom stereocenters. The van der Waals surface area contributed by atoms with E-state index in [1.165, 1.54) is 29.3 Å². The van der Waals surface area contributed by atoms with E-state index < -0.39 is 0 Å². The number of carbonyl (C=O) groups excluding carboxylic acids is 1. The van der Waals surface area contributed by atoms with Gasteiger partial charge in [-0.3, -0.25) is 4.79 Å². The van der Waals surface area contributed by atoms with E-state index >= 15 is 0 Å². The van der Waals surface area contributed by atoms with Crippen LogP contribution in [0.5, 0.6) is 0 Å². The number of nitrogens with two attached hydrogens (primary N) is 1. The second-order valence-corrected chi connectivity index (χ2v) is 7.19. The predicted octanol–water partition coefficient (Wildman–Crippen LogP) is 2.59. The Bertz CT molecular complexity index is 705. The molecule has 1 amide bonds. The fourth-order valence-corrected chi connectivity index (χ4v) is 4.67. The molecule has 4 N–H and O–H groups in total. The Morgan fingerprint density at radius 1 is 1.26 bits per heavy atom. The average Bonchev–Trinajstić information content (AvgIpc) is 3.26. The summed E-state index contributed by atoms with van der Waals surface area (Å²) in [5.74, 6) is 1.36. The molecule has 0 spiro atoms. The first kappa shape index (κ1) is 14.8. The van der Waals surface area contributed by atoms with Gasteiger partial charge in [-0.15, -0.1) is 0 Å². The third-order valence-corrected chi connectivity index (χ3v) is 5.88. The number of hydrogen-bond donors (Lipinski definition) is 3. The Balaban J connectivity index is 1.28. The number of carbonyl (C=O) groups is 1. The van der Waals surface area contributed by atoms with Crippen LogP contribution < -0.4 is 11.1 Å². The van der Waals surface area contributed by atoms with E-state index in [2.05, 4.69) is 34.7 Å². The highest BCUT2D eigenvalue weighted by Crippen LogP contribution is 2.47. The Labute approximate surface area is 136 Å². The van der Waals surface area contributed by atoms with Gasteiger partial charge in [0, 0.05) is 29.7 Å². The lowest BCUT2D eigenvalue weighted by Gasteiger charge is -2.27. The monoisotopic (exact) mass is 311 g/mol. The van der Waals surface area contributed by atoms with Crippen molar-refractivity contribution in [2.45, 2.75) is 38.1 Å². The van der Waals surface area contributed by atoms with Gasteiger partial charge < -0.3 is 16.0 Å². The van der Waals surface area contributed by atoms with Crippen molar-refractivity contribution in [2.24, 2.45) is 23.5 Å². The van der Waals surface area contributed by atoms with Crippen LogP contribution in [0.15, 0.2) is 30.5 Å². The summed E-state index contributed by atoms with van der Waals surface area (Å²) in [4.78, 5) is 15.7. The van der Waals surface area contributed by atoms with E-state index in [9.17, 15) is 4.79 Å². The smallest absolute Gasteiger partial charge is 0.224 e. The van der Waals surface area contributed by atoms with Crippen LogP contribution in [0.2, 0.25) is 0 Å². The maximum atomic E-state index is 12.4. The second kappa shape index (κ2) is 6.00. The molecule has 1 heterocycles. The molecule has 1 aromatic carbocycles. The number of H-pyrrole nitrogens is 1. The van der Waals surface area contributed by atoms with Gasteiger partial charge in [0.1, 0.15) is 0 Å².